The monoisotopic (exact) mass is 303 g/mol. The number of benzene rings is 2. The van der Waals surface area contributed by atoms with Gasteiger partial charge in [-0.15, -0.1) is 0 Å². The summed E-state index contributed by atoms with van der Waals surface area (Å²) in [5.74, 6) is -1.35. The van der Waals surface area contributed by atoms with Crippen molar-refractivity contribution in [2.75, 3.05) is 5.32 Å². The Hall–Kier alpha value is -2.33. The largest absolute Gasteiger partial charge is 0.478 e. The van der Waals surface area contributed by atoms with Crippen molar-refractivity contribution >= 4 is 29.2 Å². The van der Waals surface area contributed by atoms with E-state index < -0.39 is 5.97 Å². The molecule has 2 aromatic carbocycles. The average molecular weight is 304 g/mol. The SMILES string of the molecule is Cc1ccc(C(=O)Nc2ccc(C(=O)O)cc2Cl)c(C)c1. The Morgan fingerprint density at radius 1 is 1.10 bits per heavy atom. The molecule has 108 valence electrons. The van der Waals surface area contributed by atoms with Crippen molar-refractivity contribution in [3.8, 4) is 0 Å². The van der Waals surface area contributed by atoms with Gasteiger partial charge in [-0.25, -0.2) is 4.79 Å². The van der Waals surface area contributed by atoms with Crippen molar-refractivity contribution in [1.29, 1.82) is 0 Å². The van der Waals surface area contributed by atoms with Gasteiger partial charge in [0, 0.05) is 5.56 Å². The third kappa shape index (κ3) is 3.41. The topological polar surface area (TPSA) is 66.4 Å². The number of aromatic carboxylic acids is 1. The molecule has 0 aromatic heterocycles. The van der Waals surface area contributed by atoms with Crippen molar-refractivity contribution in [3.05, 3.63) is 63.7 Å². The molecule has 5 heteroatoms. The van der Waals surface area contributed by atoms with Crippen LogP contribution >= 0.6 is 11.6 Å². The number of rotatable bonds is 3. The summed E-state index contributed by atoms with van der Waals surface area (Å²) in [6, 6.07) is 9.71. The van der Waals surface area contributed by atoms with Crippen LogP contribution in [0.5, 0.6) is 0 Å². The summed E-state index contributed by atoms with van der Waals surface area (Å²) < 4.78 is 0. The van der Waals surface area contributed by atoms with Gasteiger partial charge in [0.1, 0.15) is 0 Å². The Balaban J connectivity index is 2.25. The molecule has 2 rings (SSSR count). The van der Waals surface area contributed by atoms with Crippen molar-refractivity contribution in [1.82, 2.24) is 0 Å². The van der Waals surface area contributed by atoms with Crippen LogP contribution in [0.3, 0.4) is 0 Å². The van der Waals surface area contributed by atoms with Crippen LogP contribution < -0.4 is 5.32 Å². The van der Waals surface area contributed by atoms with Crippen LogP contribution in [0.4, 0.5) is 5.69 Å². The molecule has 0 aliphatic carbocycles. The van der Waals surface area contributed by atoms with Crippen LogP contribution in [-0.4, -0.2) is 17.0 Å². The summed E-state index contributed by atoms with van der Waals surface area (Å²) in [6.45, 7) is 3.81. The molecular formula is C16H14ClNO3. The zero-order chi connectivity index (χ0) is 15.6. The average Bonchev–Trinajstić information content (AvgIpc) is 2.40. The summed E-state index contributed by atoms with van der Waals surface area (Å²) in [7, 11) is 0. The van der Waals surface area contributed by atoms with Crippen molar-refractivity contribution in [3.63, 3.8) is 0 Å². The van der Waals surface area contributed by atoms with Crippen molar-refractivity contribution in [2.24, 2.45) is 0 Å². The lowest BCUT2D eigenvalue weighted by atomic mass is 10.1. The molecule has 0 radical (unpaired) electrons. The van der Waals surface area contributed by atoms with Gasteiger partial charge >= 0.3 is 5.97 Å². The lowest BCUT2D eigenvalue weighted by Crippen LogP contribution is -2.14. The second-order valence-electron chi connectivity index (χ2n) is 4.77. The van der Waals surface area contributed by atoms with E-state index in [0.717, 1.165) is 11.1 Å². The van der Waals surface area contributed by atoms with Gasteiger partial charge in [-0.1, -0.05) is 29.3 Å². The zero-order valence-corrected chi connectivity index (χ0v) is 12.4. The predicted molar refractivity (Wildman–Crippen MR) is 82.3 cm³/mol. The molecule has 0 saturated heterocycles. The molecule has 21 heavy (non-hydrogen) atoms. The second kappa shape index (κ2) is 5.97. The van der Waals surface area contributed by atoms with E-state index in [1.807, 2.05) is 26.0 Å². The summed E-state index contributed by atoms with van der Waals surface area (Å²) in [6.07, 6.45) is 0. The highest BCUT2D eigenvalue weighted by Gasteiger charge is 2.12. The van der Waals surface area contributed by atoms with Gasteiger partial charge in [0.05, 0.1) is 16.3 Å². The fourth-order valence-corrected chi connectivity index (χ4v) is 2.24. The van der Waals surface area contributed by atoms with E-state index in [1.165, 1.54) is 18.2 Å². The number of hydrogen-bond acceptors (Lipinski definition) is 2. The summed E-state index contributed by atoms with van der Waals surface area (Å²) in [4.78, 5) is 23.1. The number of nitrogens with one attached hydrogen (secondary N) is 1. The van der Waals surface area contributed by atoms with Gasteiger partial charge in [0.25, 0.3) is 5.91 Å². The van der Waals surface area contributed by atoms with E-state index in [-0.39, 0.29) is 16.5 Å². The van der Waals surface area contributed by atoms with E-state index in [1.54, 1.807) is 6.07 Å². The van der Waals surface area contributed by atoms with E-state index in [4.69, 9.17) is 16.7 Å². The van der Waals surface area contributed by atoms with E-state index in [2.05, 4.69) is 5.32 Å². The smallest absolute Gasteiger partial charge is 0.335 e. The van der Waals surface area contributed by atoms with Gasteiger partial charge in [0.2, 0.25) is 0 Å². The maximum Gasteiger partial charge on any atom is 0.335 e. The van der Waals surface area contributed by atoms with Gasteiger partial charge in [-0.2, -0.15) is 0 Å². The number of amides is 1. The number of carboxylic acid groups (broad SMARTS) is 1. The summed E-state index contributed by atoms with van der Waals surface area (Å²) >= 11 is 5.99. The molecule has 0 bridgehead atoms. The first-order valence-electron chi connectivity index (χ1n) is 6.30. The van der Waals surface area contributed by atoms with Crippen molar-refractivity contribution in [2.45, 2.75) is 13.8 Å². The standard InChI is InChI=1S/C16H14ClNO3/c1-9-3-5-12(10(2)7-9)15(19)18-14-6-4-11(16(20)21)8-13(14)17/h3-8H,1-2H3,(H,18,19)(H,20,21). The fourth-order valence-electron chi connectivity index (χ4n) is 2.01. The van der Waals surface area contributed by atoms with Crippen LogP contribution in [0.15, 0.2) is 36.4 Å². The molecule has 0 spiro atoms. The lowest BCUT2D eigenvalue weighted by molar-refractivity contribution is 0.0696. The molecular weight excluding hydrogens is 290 g/mol. The Kier molecular flexibility index (Phi) is 4.29. The van der Waals surface area contributed by atoms with E-state index in [0.29, 0.717) is 11.3 Å². The zero-order valence-electron chi connectivity index (χ0n) is 11.6. The van der Waals surface area contributed by atoms with E-state index in [9.17, 15) is 9.59 Å². The number of carbonyl (C=O) groups is 2. The molecule has 0 fully saturated rings. The molecule has 0 aliphatic heterocycles. The molecule has 2 aromatic rings. The molecule has 0 aliphatic rings. The second-order valence-corrected chi connectivity index (χ2v) is 5.18. The number of aryl methyl sites for hydroxylation is 2. The van der Waals surface area contributed by atoms with Crippen LogP contribution in [0.25, 0.3) is 0 Å². The van der Waals surface area contributed by atoms with Crippen LogP contribution in [0.2, 0.25) is 5.02 Å². The highest BCUT2D eigenvalue weighted by Crippen LogP contribution is 2.24. The van der Waals surface area contributed by atoms with Crippen molar-refractivity contribution < 1.29 is 14.7 Å². The first-order valence-corrected chi connectivity index (χ1v) is 6.67. The molecule has 1 amide bonds. The highest BCUT2D eigenvalue weighted by atomic mass is 35.5. The minimum absolute atomic E-state index is 0.0736. The minimum atomic E-state index is -1.07. The Morgan fingerprint density at radius 3 is 2.38 bits per heavy atom. The summed E-state index contributed by atoms with van der Waals surface area (Å²) in [5.41, 5.74) is 2.95. The maximum atomic E-state index is 12.2. The Morgan fingerprint density at radius 2 is 1.81 bits per heavy atom. The van der Waals surface area contributed by atoms with Crippen LogP contribution in [0.1, 0.15) is 31.8 Å². The third-order valence-electron chi connectivity index (χ3n) is 3.09. The van der Waals surface area contributed by atoms with Gasteiger partial charge in [-0.3, -0.25) is 4.79 Å². The maximum absolute atomic E-state index is 12.2. The van der Waals surface area contributed by atoms with Crippen LogP contribution in [-0.2, 0) is 0 Å². The van der Waals surface area contributed by atoms with E-state index >= 15 is 0 Å². The fraction of sp³-hybridized carbons (Fsp3) is 0.125. The molecule has 0 saturated carbocycles. The molecule has 2 N–H and O–H groups in total. The molecule has 0 atom stereocenters. The quantitative estimate of drug-likeness (QED) is 0.903. The molecule has 0 heterocycles. The lowest BCUT2D eigenvalue weighted by Gasteiger charge is -2.10. The molecule has 4 nitrogen and oxygen atoms in total. The van der Waals surface area contributed by atoms with Gasteiger partial charge < -0.3 is 10.4 Å². The number of hydrogen-bond donors (Lipinski definition) is 2. The Labute approximate surface area is 127 Å². The number of halogens is 1. The normalized spacial score (nSPS) is 10.2. The minimum Gasteiger partial charge on any atom is -0.478 e. The predicted octanol–water partition coefficient (Wildman–Crippen LogP) is 3.91. The first-order chi connectivity index (χ1) is 9.88. The Bertz CT molecular complexity index is 725. The number of carboxylic acids is 1. The molecule has 0 unspecified atom stereocenters. The van der Waals surface area contributed by atoms with Crippen LogP contribution in [0, 0.1) is 13.8 Å². The number of carbonyl (C=O) groups excluding carboxylic acids is 1. The van der Waals surface area contributed by atoms with Gasteiger partial charge in [-0.05, 0) is 43.7 Å². The summed E-state index contributed by atoms with van der Waals surface area (Å²) in [5, 5.41) is 11.8. The first kappa shape index (κ1) is 15.1. The number of anilines is 1. The van der Waals surface area contributed by atoms with Gasteiger partial charge in [0.15, 0.2) is 0 Å². The third-order valence-corrected chi connectivity index (χ3v) is 3.40. The highest BCUT2D eigenvalue weighted by molar-refractivity contribution is 6.34.